The second-order valence-electron chi connectivity index (χ2n) is 17.9. The molecule has 0 saturated carbocycles. The smallest absolute Gasteiger partial charge is 0.306 e. The van der Waals surface area contributed by atoms with Gasteiger partial charge in [-0.2, -0.15) is 0 Å². The van der Waals surface area contributed by atoms with E-state index in [0.717, 1.165) is 75.5 Å². The quantitative estimate of drug-likeness (QED) is 0.0349. The second kappa shape index (κ2) is 40.6. The maximum atomic E-state index is 12.7. The molecule has 0 saturated heterocycles. The highest BCUT2D eigenvalue weighted by molar-refractivity contribution is 5.71. The average molecular weight is 779 g/mol. The van der Waals surface area contributed by atoms with E-state index in [0.29, 0.717) is 19.3 Å². The highest BCUT2D eigenvalue weighted by Crippen LogP contribution is 2.17. The zero-order valence-electron chi connectivity index (χ0n) is 37.7. The van der Waals surface area contributed by atoms with Crippen molar-refractivity contribution in [3.8, 4) is 0 Å². The fraction of sp³-hybridized carbons (Fsp3) is 0.939. The van der Waals surface area contributed by atoms with Crippen molar-refractivity contribution in [1.29, 1.82) is 0 Å². The minimum absolute atomic E-state index is 0.0662. The van der Waals surface area contributed by atoms with Crippen LogP contribution in [-0.2, 0) is 28.6 Å². The maximum absolute atomic E-state index is 12.7. The van der Waals surface area contributed by atoms with Gasteiger partial charge in [-0.25, -0.2) is 0 Å². The first-order chi connectivity index (χ1) is 26.6. The van der Waals surface area contributed by atoms with Crippen LogP contribution in [0.15, 0.2) is 0 Å². The predicted octanol–water partition coefficient (Wildman–Crippen LogP) is 15.2. The molecule has 6 nitrogen and oxygen atoms in total. The lowest BCUT2D eigenvalue weighted by Crippen LogP contribution is -2.30. The first kappa shape index (κ1) is 53.4. The van der Waals surface area contributed by atoms with Gasteiger partial charge < -0.3 is 14.2 Å². The van der Waals surface area contributed by atoms with E-state index in [1.165, 1.54) is 141 Å². The molecule has 55 heavy (non-hydrogen) atoms. The molecule has 0 heterocycles. The summed E-state index contributed by atoms with van der Waals surface area (Å²) in [6, 6.07) is 0. The molecular weight excluding hydrogens is 685 g/mol. The Hall–Kier alpha value is -1.59. The zero-order valence-corrected chi connectivity index (χ0v) is 37.7. The van der Waals surface area contributed by atoms with Gasteiger partial charge in [0.1, 0.15) is 13.2 Å². The molecule has 0 spiro atoms. The summed E-state index contributed by atoms with van der Waals surface area (Å²) in [6.07, 6.45) is 38.0. The molecule has 1 unspecified atom stereocenters. The number of hydrogen-bond acceptors (Lipinski definition) is 6. The van der Waals surface area contributed by atoms with Gasteiger partial charge in [0.15, 0.2) is 6.10 Å². The van der Waals surface area contributed by atoms with Gasteiger partial charge in [-0.15, -0.1) is 0 Å². The molecule has 0 aliphatic heterocycles. The Labute approximate surface area is 342 Å². The maximum Gasteiger partial charge on any atom is 0.306 e. The summed E-state index contributed by atoms with van der Waals surface area (Å²) in [5.41, 5.74) is 0. The van der Waals surface area contributed by atoms with Crippen LogP contribution in [0.3, 0.4) is 0 Å². The topological polar surface area (TPSA) is 78.9 Å². The molecule has 0 aromatic rings. The number of unbranched alkanes of at least 4 members (excludes halogenated alkanes) is 24. The van der Waals surface area contributed by atoms with Gasteiger partial charge in [-0.05, 0) is 37.0 Å². The summed E-state index contributed by atoms with van der Waals surface area (Å²) >= 11 is 0. The van der Waals surface area contributed by atoms with Crippen LogP contribution < -0.4 is 0 Å². The summed E-state index contributed by atoms with van der Waals surface area (Å²) in [5.74, 6) is 1.59. The molecule has 0 aliphatic rings. The Bertz CT molecular complexity index is 854. The first-order valence-electron chi connectivity index (χ1n) is 24.1. The van der Waals surface area contributed by atoms with E-state index in [2.05, 4.69) is 41.5 Å². The third-order valence-electron chi connectivity index (χ3n) is 11.3. The molecule has 0 radical (unpaired) electrons. The molecule has 0 aromatic heterocycles. The Morgan fingerprint density at radius 1 is 0.364 bits per heavy atom. The van der Waals surface area contributed by atoms with Crippen LogP contribution in [0.4, 0.5) is 0 Å². The van der Waals surface area contributed by atoms with Gasteiger partial charge in [0.25, 0.3) is 0 Å². The molecular formula is C49H94O6. The standard InChI is InChI=1S/C49H94O6/c1-7-45(6)37-31-25-21-22-28-34-40-49(52)55-46(42-54-48(51)39-33-27-20-16-12-11-14-18-24-30-36-44(4)5)41-53-47(50)38-32-26-19-15-10-8-9-13-17-23-29-35-43(2)3/h43-46H,7-42H2,1-6H3/t45?,46-/m1/s1. The van der Waals surface area contributed by atoms with Crippen LogP contribution in [0, 0.1) is 17.8 Å². The second-order valence-corrected chi connectivity index (χ2v) is 17.9. The van der Waals surface area contributed by atoms with Gasteiger partial charge in [-0.1, -0.05) is 221 Å². The van der Waals surface area contributed by atoms with Crippen molar-refractivity contribution in [2.45, 2.75) is 266 Å². The van der Waals surface area contributed by atoms with E-state index in [-0.39, 0.29) is 31.1 Å². The van der Waals surface area contributed by atoms with Crippen molar-refractivity contribution >= 4 is 17.9 Å². The van der Waals surface area contributed by atoms with Crippen molar-refractivity contribution in [3.63, 3.8) is 0 Å². The van der Waals surface area contributed by atoms with Crippen LogP contribution in [0.2, 0.25) is 0 Å². The van der Waals surface area contributed by atoms with Crippen molar-refractivity contribution in [2.24, 2.45) is 17.8 Å². The molecule has 0 amide bonds. The Kier molecular flexibility index (Phi) is 39.4. The fourth-order valence-corrected chi connectivity index (χ4v) is 7.20. The molecule has 0 fully saturated rings. The van der Waals surface area contributed by atoms with Gasteiger partial charge in [-0.3, -0.25) is 14.4 Å². The van der Waals surface area contributed by atoms with Gasteiger partial charge in [0.05, 0.1) is 0 Å². The van der Waals surface area contributed by atoms with Crippen molar-refractivity contribution in [3.05, 3.63) is 0 Å². The fourth-order valence-electron chi connectivity index (χ4n) is 7.20. The van der Waals surface area contributed by atoms with E-state index < -0.39 is 6.10 Å². The molecule has 0 N–H and O–H groups in total. The number of carbonyl (C=O) groups excluding carboxylic acids is 3. The molecule has 0 aromatic carbocycles. The molecule has 0 aliphatic carbocycles. The summed E-state index contributed by atoms with van der Waals surface area (Å²) < 4.78 is 16.7. The number of ether oxygens (including phenoxy) is 3. The Morgan fingerprint density at radius 2 is 0.636 bits per heavy atom. The largest absolute Gasteiger partial charge is 0.462 e. The predicted molar refractivity (Wildman–Crippen MR) is 233 cm³/mol. The first-order valence-corrected chi connectivity index (χ1v) is 24.1. The van der Waals surface area contributed by atoms with E-state index in [4.69, 9.17) is 14.2 Å². The number of rotatable bonds is 42. The van der Waals surface area contributed by atoms with Gasteiger partial charge in [0, 0.05) is 19.3 Å². The highest BCUT2D eigenvalue weighted by atomic mass is 16.6. The Morgan fingerprint density at radius 3 is 0.945 bits per heavy atom. The molecule has 6 heteroatoms. The number of carbonyl (C=O) groups is 3. The summed E-state index contributed by atoms with van der Waals surface area (Å²) in [4.78, 5) is 37.8. The zero-order chi connectivity index (χ0) is 40.6. The van der Waals surface area contributed by atoms with Gasteiger partial charge >= 0.3 is 17.9 Å². The van der Waals surface area contributed by atoms with Crippen molar-refractivity contribution in [2.75, 3.05) is 13.2 Å². The Balaban J connectivity index is 4.32. The SMILES string of the molecule is CCC(C)CCCCCCCCC(=O)O[C@H](COC(=O)CCCCCCCCCCCCCC(C)C)COC(=O)CCCCCCCCCCCCC(C)C. The minimum atomic E-state index is -0.762. The summed E-state index contributed by atoms with van der Waals surface area (Å²) in [5, 5.41) is 0. The van der Waals surface area contributed by atoms with Crippen LogP contribution in [0.5, 0.6) is 0 Å². The van der Waals surface area contributed by atoms with E-state index in [1.54, 1.807) is 0 Å². The lowest BCUT2D eigenvalue weighted by Gasteiger charge is -2.18. The summed E-state index contributed by atoms with van der Waals surface area (Å²) in [6.45, 7) is 13.7. The lowest BCUT2D eigenvalue weighted by atomic mass is 10.00. The third kappa shape index (κ3) is 41.9. The molecule has 0 rings (SSSR count). The molecule has 326 valence electrons. The van der Waals surface area contributed by atoms with E-state index in [9.17, 15) is 14.4 Å². The van der Waals surface area contributed by atoms with Crippen LogP contribution in [0.1, 0.15) is 260 Å². The number of esters is 3. The average Bonchev–Trinajstić information content (AvgIpc) is 3.15. The van der Waals surface area contributed by atoms with Gasteiger partial charge in [0.2, 0.25) is 0 Å². The monoisotopic (exact) mass is 779 g/mol. The minimum Gasteiger partial charge on any atom is -0.462 e. The normalized spacial score (nSPS) is 12.7. The lowest BCUT2D eigenvalue weighted by molar-refractivity contribution is -0.167. The molecule has 0 bridgehead atoms. The highest BCUT2D eigenvalue weighted by Gasteiger charge is 2.19. The van der Waals surface area contributed by atoms with Crippen LogP contribution in [0.25, 0.3) is 0 Å². The van der Waals surface area contributed by atoms with Crippen molar-refractivity contribution in [1.82, 2.24) is 0 Å². The van der Waals surface area contributed by atoms with Crippen LogP contribution in [-0.4, -0.2) is 37.2 Å². The molecule has 2 atom stereocenters. The van der Waals surface area contributed by atoms with Crippen molar-refractivity contribution < 1.29 is 28.6 Å². The van der Waals surface area contributed by atoms with E-state index >= 15 is 0 Å². The third-order valence-corrected chi connectivity index (χ3v) is 11.3. The summed E-state index contributed by atoms with van der Waals surface area (Å²) in [7, 11) is 0. The van der Waals surface area contributed by atoms with E-state index in [1.807, 2.05) is 0 Å². The van der Waals surface area contributed by atoms with Crippen LogP contribution >= 0.6 is 0 Å². The number of hydrogen-bond donors (Lipinski definition) is 0.